The summed E-state index contributed by atoms with van der Waals surface area (Å²) in [4.78, 5) is 4.49. The Morgan fingerprint density at radius 3 is 2.47 bits per heavy atom. The number of fused-ring (bicyclic) bond motifs is 1. The Morgan fingerprint density at radius 2 is 1.68 bits per heavy atom. The van der Waals surface area contributed by atoms with Gasteiger partial charge in [-0.2, -0.15) is 0 Å². The highest BCUT2D eigenvalue weighted by Crippen LogP contribution is 2.29. The van der Waals surface area contributed by atoms with Crippen molar-refractivity contribution in [3.05, 3.63) is 0 Å². The molecule has 2 aliphatic carbocycles. The van der Waals surface area contributed by atoms with E-state index >= 15 is 0 Å². The van der Waals surface area contributed by atoms with Crippen molar-refractivity contribution in [3.63, 3.8) is 0 Å². The van der Waals surface area contributed by atoms with Crippen LogP contribution in [-0.4, -0.2) is 31.8 Å². The number of amidine groups is 1. The molecule has 0 aromatic rings. The van der Waals surface area contributed by atoms with E-state index in [1.54, 1.807) is 0 Å². The third kappa shape index (κ3) is 2.88. The summed E-state index contributed by atoms with van der Waals surface area (Å²) in [6.45, 7) is 0. The third-order valence-electron chi connectivity index (χ3n) is 4.41. The second kappa shape index (κ2) is 5.31. The van der Waals surface area contributed by atoms with E-state index in [0.717, 1.165) is 32.1 Å². The van der Waals surface area contributed by atoms with Gasteiger partial charge >= 0.3 is 0 Å². The minimum absolute atomic E-state index is 0.192. The maximum absolute atomic E-state index is 12.2. The van der Waals surface area contributed by atoms with Crippen LogP contribution in [0.15, 0.2) is 4.99 Å². The fourth-order valence-electron chi connectivity index (χ4n) is 3.35. The topological polar surface area (TPSA) is 67.8 Å². The van der Waals surface area contributed by atoms with E-state index in [4.69, 9.17) is 4.74 Å². The fraction of sp³-hybridized carbons (Fsp3) is 0.923. The van der Waals surface area contributed by atoms with Gasteiger partial charge in [0.15, 0.2) is 0 Å². The van der Waals surface area contributed by atoms with E-state index in [0.29, 0.717) is 6.42 Å². The lowest BCUT2D eigenvalue weighted by molar-refractivity contribution is 0.130. The highest BCUT2D eigenvalue weighted by Gasteiger charge is 2.42. The quantitative estimate of drug-likeness (QED) is 0.801. The van der Waals surface area contributed by atoms with Crippen molar-refractivity contribution >= 4 is 16.0 Å². The average molecular weight is 286 g/mol. The molecule has 6 heteroatoms. The minimum atomic E-state index is -3.29. The van der Waals surface area contributed by atoms with Gasteiger partial charge in [-0.1, -0.05) is 25.7 Å². The second-order valence-corrected chi connectivity index (χ2v) is 7.75. The standard InChI is InChI=1S/C13H22N2O3S/c16-19(17)12-9-5-4-8-11(12)18-13(15-19)14-10-6-2-1-3-7-10/h10-12H,1-9H2,(H,14,15)/t11-,12+/m0/s1. The smallest absolute Gasteiger partial charge is 0.299 e. The van der Waals surface area contributed by atoms with Crippen molar-refractivity contribution in [1.29, 1.82) is 0 Å². The van der Waals surface area contributed by atoms with Crippen LogP contribution in [0.4, 0.5) is 0 Å². The van der Waals surface area contributed by atoms with Crippen LogP contribution < -0.4 is 4.72 Å². The Kier molecular flexibility index (Phi) is 3.69. The molecule has 0 bridgehead atoms. The first kappa shape index (κ1) is 13.2. The van der Waals surface area contributed by atoms with E-state index in [1.165, 1.54) is 19.3 Å². The van der Waals surface area contributed by atoms with Crippen molar-refractivity contribution < 1.29 is 13.2 Å². The van der Waals surface area contributed by atoms with Gasteiger partial charge in [-0.05, 0) is 32.1 Å². The maximum atomic E-state index is 12.2. The summed E-state index contributed by atoms with van der Waals surface area (Å²) < 4.78 is 32.7. The Labute approximate surface area is 114 Å². The summed E-state index contributed by atoms with van der Waals surface area (Å²) in [6, 6.07) is 0.474. The molecule has 3 rings (SSSR count). The van der Waals surface area contributed by atoms with Gasteiger partial charge in [-0.3, -0.25) is 0 Å². The summed E-state index contributed by atoms with van der Waals surface area (Å²) >= 11 is 0. The molecule has 5 nitrogen and oxygen atoms in total. The normalized spacial score (nSPS) is 37.2. The number of ether oxygens (including phenoxy) is 1. The van der Waals surface area contributed by atoms with Crippen LogP contribution in [0.25, 0.3) is 0 Å². The van der Waals surface area contributed by atoms with Crippen LogP contribution >= 0.6 is 0 Å². The number of nitrogens with one attached hydrogen (secondary N) is 1. The zero-order valence-electron chi connectivity index (χ0n) is 11.2. The second-order valence-electron chi connectivity index (χ2n) is 5.85. The predicted octanol–water partition coefficient (Wildman–Crippen LogP) is 1.94. The first-order valence-corrected chi connectivity index (χ1v) is 8.96. The third-order valence-corrected chi connectivity index (χ3v) is 6.20. The zero-order chi connectivity index (χ0) is 13.3. The predicted molar refractivity (Wildman–Crippen MR) is 73.5 cm³/mol. The van der Waals surface area contributed by atoms with E-state index < -0.39 is 10.0 Å². The Balaban J connectivity index is 1.75. The molecular weight excluding hydrogens is 264 g/mol. The molecule has 3 fully saturated rings. The SMILES string of the molecule is O=S1(=O)NC(=NC2CCCCC2)O[C@H]2CCCC[C@H]21. The molecule has 0 amide bonds. The highest BCUT2D eigenvalue weighted by molar-refractivity contribution is 7.90. The van der Waals surface area contributed by atoms with E-state index in [-0.39, 0.29) is 23.4 Å². The molecule has 0 unspecified atom stereocenters. The molecule has 0 radical (unpaired) electrons. The number of rotatable bonds is 1. The molecule has 108 valence electrons. The van der Waals surface area contributed by atoms with E-state index in [1.807, 2.05) is 0 Å². The zero-order valence-corrected chi connectivity index (χ0v) is 12.0. The molecule has 3 aliphatic rings. The van der Waals surface area contributed by atoms with Crippen LogP contribution in [0.1, 0.15) is 57.8 Å². The molecule has 2 saturated carbocycles. The van der Waals surface area contributed by atoms with Crippen LogP contribution in [0.5, 0.6) is 0 Å². The highest BCUT2D eigenvalue weighted by atomic mass is 32.2. The van der Waals surface area contributed by atoms with Gasteiger partial charge in [0.2, 0.25) is 10.0 Å². The van der Waals surface area contributed by atoms with Crippen molar-refractivity contribution in [1.82, 2.24) is 4.72 Å². The van der Waals surface area contributed by atoms with Gasteiger partial charge < -0.3 is 4.74 Å². The van der Waals surface area contributed by atoms with Crippen LogP contribution in [0.2, 0.25) is 0 Å². The summed E-state index contributed by atoms with van der Waals surface area (Å²) in [5.74, 6) is 0. The fourth-order valence-corrected chi connectivity index (χ4v) is 4.91. The summed E-state index contributed by atoms with van der Waals surface area (Å²) in [6.07, 6.45) is 9.08. The molecule has 1 heterocycles. The first-order chi connectivity index (χ1) is 9.15. The molecule has 0 aromatic heterocycles. The Hall–Kier alpha value is -0.780. The molecule has 2 atom stereocenters. The van der Waals surface area contributed by atoms with Gasteiger partial charge in [-0.15, -0.1) is 0 Å². The molecule has 19 heavy (non-hydrogen) atoms. The lowest BCUT2D eigenvalue weighted by atomic mass is 9.96. The Bertz CT molecular complexity index is 455. The lowest BCUT2D eigenvalue weighted by Crippen LogP contribution is -2.54. The van der Waals surface area contributed by atoms with Gasteiger partial charge in [0, 0.05) is 0 Å². The molecule has 1 aliphatic heterocycles. The summed E-state index contributed by atoms with van der Waals surface area (Å²) in [7, 11) is -3.29. The maximum Gasteiger partial charge on any atom is 0.299 e. The number of sulfonamides is 1. The largest absolute Gasteiger partial charge is 0.460 e. The van der Waals surface area contributed by atoms with Crippen LogP contribution in [-0.2, 0) is 14.8 Å². The van der Waals surface area contributed by atoms with Crippen molar-refractivity contribution in [2.75, 3.05) is 0 Å². The number of nitrogens with zero attached hydrogens (tertiary/aromatic N) is 1. The van der Waals surface area contributed by atoms with Crippen LogP contribution in [0.3, 0.4) is 0 Å². The minimum Gasteiger partial charge on any atom is -0.460 e. The van der Waals surface area contributed by atoms with Crippen molar-refractivity contribution in [2.24, 2.45) is 4.99 Å². The van der Waals surface area contributed by atoms with E-state index in [9.17, 15) is 8.42 Å². The van der Waals surface area contributed by atoms with E-state index in [2.05, 4.69) is 9.71 Å². The number of hydrogen-bond acceptors (Lipinski definition) is 4. The molecule has 1 N–H and O–H groups in total. The van der Waals surface area contributed by atoms with Gasteiger partial charge in [0.25, 0.3) is 6.02 Å². The van der Waals surface area contributed by atoms with Crippen LogP contribution in [0, 0.1) is 0 Å². The first-order valence-electron chi connectivity index (χ1n) is 7.41. The Morgan fingerprint density at radius 1 is 1.00 bits per heavy atom. The molecule has 0 aromatic carbocycles. The number of hydrogen-bond donors (Lipinski definition) is 1. The monoisotopic (exact) mass is 286 g/mol. The van der Waals surface area contributed by atoms with Crippen molar-refractivity contribution in [2.45, 2.75) is 75.2 Å². The van der Waals surface area contributed by atoms with Gasteiger partial charge in [0.05, 0.1) is 6.04 Å². The summed E-state index contributed by atoms with van der Waals surface area (Å²) in [5.41, 5.74) is 0. The number of aliphatic imine (C=N–C) groups is 1. The molecular formula is C13H22N2O3S. The van der Waals surface area contributed by atoms with Crippen molar-refractivity contribution in [3.8, 4) is 0 Å². The van der Waals surface area contributed by atoms with Gasteiger partial charge in [-0.25, -0.2) is 18.1 Å². The lowest BCUT2D eigenvalue weighted by Gasteiger charge is -2.36. The molecule has 1 saturated heterocycles. The van der Waals surface area contributed by atoms with Gasteiger partial charge in [0.1, 0.15) is 11.4 Å². The summed E-state index contributed by atoms with van der Waals surface area (Å²) in [5, 5.41) is -0.383. The average Bonchev–Trinajstić information content (AvgIpc) is 2.39. The molecule has 0 spiro atoms.